The van der Waals surface area contributed by atoms with E-state index in [4.69, 9.17) is 5.26 Å². The van der Waals surface area contributed by atoms with E-state index in [0.29, 0.717) is 23.6 Å². The number of nitrogens with one attached hydrogen (secondary N) is 1. The number of nitrogens with zero attached hydrogens (tertiary/aromatic N) is 2. The lowest BCUT2D eigenvalue weighted by Crippen LogP contribution is -2.36. The van der Waals surface area contributed by atoms with Gasteiger partial charge in [0.2, 0.25) is 5.91 Å². The summed E-state index contributed by atoms with van der Waals surface area (Å²) < 4.78 is 13.6. The fourth-order valence-electron chi connectivity index (χ4n) is 1.73. The van der Waals surface area contributed by atoms with Crippen LogP contribution in [-0.2, 0) is 11.3 Å². The minimum Gasteiger partial charge on any atom is -0.355 e. The Balaban J connectivity index is 2.56. The maximum Gasteiger partial charge on any atom is 0.234 e. The van der Waals surface area contributed by atoms with E-state index in [1.54, 1.807) is 11.9 Å². The molecule has 5 heteroatoms. The molecule has 4 nitrogen and oxygen atoms in total. The molecular weight excluding hydrogens is 257 g/mol. The number of hydrogen-bond acceptors (Lipinski definition) is 3. The van der Waals surface area contributed by atoms with E-state index in [2.05, 4.69) is 5.32 Å². The molecule has 20 heavy (non-hydrogen) atoms. The number of amides is 1. The quantitative estimate of drug-likeness (QED) is 0.864. The molecule has 108 valence electrons. The van der Waals surface area contributed by atoms with Gasteiger partial charge in [-0.1, -0.05) is 13.8 Å². The first-order chi connectivity index (χ1) is 9.42. The predicted molar refractivity (Wildman–Crippen MR) is 75.3 cm³/mol. The van der Waals surface area contributed by atoms with Crippen LogP contribution in [0.1, 0.15) is 25.0 Å². The largest absolute Gasteiger partial charge is 0.355 e. The Bertz CT molecular complexity index is 508. The molecule has 0 aliphatic heterocycles. The van der Waals surface area contributed by atoms with Gasteiger partial charge in [0.15, 0.2) is 0 Å². The number of carbonyl (C=O) groups excluding carboxylic acids is 1. The first-order valence-corrected chi connectivity index (χ1v) is 6.56. The van der Waals surface area contributed by atoms with E-state index in [0.717, 1.165) is 0 Å². The van der Waals surface area contributed by atoms with Crippen LogP contribution >= 0.6 is 0 Å². The summed E-state index contributed by atoms with van der Waals surface area (Å²) in [5.41, 5.74) is 0.835. The van der Waals surface area contributed by atoms with E-state index < -0.39 is 0 Å². The number of rotatable bonds is 6. The van der Waals surface area contributed by atoms with Gasteiger partial charge >= 0.3 is 0 Å². The van der Waals surface area contributed by atoms with Crippen molar-refractivity contribution in [2.45, 2.75) is 20.4 Å². The van der Waals surface area contributed by atoms with Crippen LogP contribution in [0.2, 0.25) is 0 Å². The Morgan fingerprint density at radius 2 is 2.20 bits per heavy atom. The van der Waals surface area contributed by atoms with E-state index in [1.165, 1.54) is 18.2 Å². The summed E-state index contributed by atoms with van der Waals surface area (Å²) >= 11 is 0. The number of halogens is 1. The highest BCUT2D eigenvalue weighted by Gasteiger charge is 2.10. The van der Waals surface area contributed by atoms with E-state index >= 15 is 0 Å². The van der Waals surface area contributed by atoms with Crippen molar-refractivity contribution in [2.24, 2.45) is 5.92 Å². The lowest BCUT2D eigenvalue weighted by Gasteiger charge is -2.17. The number of nitriles is 1. The van der Waals surface area contributed by atoms with Crippen LogP contribution in [0.3, 0.4) is 0 Å². The second kappa shape index (κ2) is 7.61. The van der Waals surface area contributed by atoms with Gasteiger partial charge in [0.25, 0.3) is 0 Å². The maximum atomic E-state index is 13.6. The standard InChI is InChI=1S/C15H20FN3O/c1-11(2)8-18-15(20)10-19(3)9-13-6-12(7-17)4-5-14(13)16/h4-6,11H,8-10H2,1-3H3,(H,18,20). The molecule has 0 aliphatic rings. The molecule has 0 radical (unpaired) electrons. The molecule has 0 spiro atoms. The summed E-state index contributed by atoms with van der Waals surface area (Å²) in [5.74, 6) is -0.0505. The van der Waals surface area contributed by atoms with Crippen molar-refractivity contribution < 1.29 is 9.18 Å². The van der Waals surface area contributed by atoms with Gasteiger partial charge in [-0.05, 0) is 31.2 Å². The molecule has 1 rings (SSSR count). The third-order valence-corrected chi connectivity index (χ3v) is 2.74. The molecule has 1 aromatic rings. The Morgan fingerprint density at radius 1 is 1.50 bits per heavy atom. The highest BCUT2D eigenvalue weighted by molar-refractivity contribution is 5.77. The van der Waals surface area contributed by atoms with Crippen LogP contribution in [0.15, 0.2) is 18.2 Å². The third-order valence-electron chi connectivity index (χ3n) is 2.74. The first kappa shape index (κ1) is 16.1. The summed E-state index contributed by atoms with van der Waals surface area (Å²) in [6.07, 6.45) is 0. The van der Waals surface area contributed by atoms with Gasteiger partial charge in [-0.25, -0.2) is 4.39 Å². The monoisotopic (exact) mass is 277 g/mol. The van der Waals surface area contributed by atoms with Crippen LogP contribution in [0.4, 0.5) is 4.39 Å². The maximum absolute atomic E-state index is 13.6. The number of likely N-dealkylation sites (N-methyl/N-ethyl adjacent to an activating group) is 1. The van der Waals surface area contributed by atoms with Gasteiger partial charge in [0.05, 0.1) is 18.2 Å². The molecule has 1 amide bonds. The zero-order valence-electron chi connectivity index (χ0n) is 12.1. The molecule has 0 saturated carbocycles. The van der Waals surface area contributed by atoms with Crippen molar-refractivity contribution in [1.82, 2.24) is 10.2 Å². The summed E-state index contributed by atoms with van der Waals surface area (Å²) in [5, 5.41) is 11.6. The van der Waals surface area contributed by atoms with Gasteiger partial charge < -0.3 is 5.32 Å². The highest BCUT2D eigenvalue weighted by Crippen LogP contribution is 2.12. The van der Waals surface area contributed by atoms with Crippen LogP contribution in [-0.4, -0.2) is 30.9 Å². The summed E-state index contributed by atoms with van der Waals surface area (Å²) in [6, 6.07) is 6.21. The summed E-state index contributed by atoms with van der Waals surface area (Å²) in [6.45, 7) is 5.16. The Hall–Kier alpha value is -1.93. The SMILES string of the molecule is CC(C)CNC(=O)CN(C)Cc1cc(C#N)ccc1F. The van der Waals surface area contributed by atoms with Crippen molar-refractivity contribution in [3.63, 3.8) is 0 Å². The molecule has 0 heterocycles. The number of benzene rings is 1. The first-order valence-electron chi connectivity index (χ1n) is 6.56. The topological polar surface area (TPSA) is 56.1 Å². The Kier molecular flexibility index (Phi) is 6.13. The summed E-state index contributed by atoms with van der Waals surface area (Å²) in [7, 11) is 1.74. The molecule has 1 aromatic carbocycles. The minimum absolute atomic E-state index is 0.0851. The number of hydrogen-bond donors (Lipinski definition) is 1. The molecular formula is C15H20FN3O. The van der Waals surface area contributed by atoms with Gasteiger partial charge in [0, 0.05) is 18.7 Å². The zero-order valence-corrected chi connectivity index (χ0v) is 12.1. The van der Waals surface area contributed by atoms with Gasteiger partial charge in [-0.2, -0.15) is 5.26 Å². The average molecular weight is 277 g/mol. The van der Waals surface area contributed by atoms with Gasteiger partial charge in [-0.3, -0.25) is 9.69 Å². The predicted octanol–water partition coefficient (Wildman–Crippen LogP) is 1.90. The lowest BCUT2D eigenvalue weighted by atomic mass is 10.1. The smallest absolute Gasteiger partial charge is 0.234 e. The fraction of sp³-hybridized carbons (Fsp3) is 0.467. The average Bonchev–Trinajstić information content (AvgIpc) is 2.39. The van der Waals surface area contributed by atoms with Crippen molar-refractivity contribution in [3.8, 4) is 6.07 Å². The zero-order chi connectivity index (χ0) is 15.1. The van der Waals surface area contributed by atoms with Crippen LogP contribution < -0.4 is 5.32 Å². The Morgan fingerprint density at radius 3 is 2.80 bits per heavy atom. The normalized spacial score (nSPS) is 10.7. The van der Waals surface area contributed by atoms with Gasteiger partial charge in [0.1, 0.15) is 5.82 Å². The van der Waals surface area contributed by atoms with Crippen LogP contribution in [0.5, 0.6) is 0 Å². The van der Waals surface area contributed by atoms with E-state index in [1.807, 2.05) is 19.9 Å². The molecule has 0 fully saturated rings. The molecule has 0 aliphatic carbocycles. The van der Waals surface area contributed by atoms with E-state index in [9.17, 15) is 9.18 Å². The molecule has 0 aromatic heterocycles. The fourth-order valence-corrected chi connectivity index (χ4v) is 1.73. The Labute approximate surface area is 119 Å². The van der Waals surface area contributed by atoms with Gasteiger partial charge in [-0.15, -0.1) is 0 Å². The second-order valence-corrected chi connectivity index (χ2v) is 5.29. The van der Waals surface area contributed by atoms with Crippen molar-refractivity contribution >= 4 is 5.91 Å². The second-order valence-electron chi connectivity index (χ2n) is 5.29. The van der Waals surface area contributed by atoms with Crippen molar-refractivity contribution in [2.75, 3.05) is 20.1 Å². The molecule has 0 atom stereocenters. The summed E-state index contributed by atoms with van der Waals surface area (Å²) in [4.78, 5) is 13.4. The highest BCUT2D eigenvalue weighted by atomic mass is 19.1. The van der Waals surface area contributed by atoms with Crippen LogP contribution in [0.25, 0.3) is 0 Å². The molecule has 0 bridgehead atoms. The lowest BCUT2D eigenvalue weighted by molar-refractivity contribution is -0.122. The van der Waals surface area contributed by atoms with Crippen LogP contribution in [0, 0.1) is 23.1 Å². The van der Waals surface area contributed by atoms with E-state index in [-0.39, 0.29) is 24.8 Å². The van der Waals surface area contributed by atoms with Crippen molar-refractivity contribution in [1.29, 1.82) is 5.26 Å². The number of carbonyl (C=O) groups is 1. The molecule has 0 saturated heterocycles. The minimum atomic E-state index is -0.363. The molecule has 1 N–H and O–H groups in total. The van der Waals surface area contributed by atoms with Crippen molar-refractivity contribution in [3.05, 3.63) is 35.1 Å². The molecule has 0 unspecified atom stereocenters. The third kappa shape index (κ3) is 5.37.